The van der Waals surface area contributed by atoms with Crippen molar-refractivity contribution in [2.45, 2.75) is 50.6 Å². The van der Waals surface area contributed by atoms with Crippen LogP contribution in [0.15, 0.2) is 0 Å². The molecule has 0 bridgehead atoms. The number of hydrogen-bond donors (Lipinski definition) is 3. The SMILES string of the molecule is CS(=O)(=O)NCCCNC(=O)C1CC2CCCCC2N1.Cl. The Morgan fingerprint density at radius 1 is 1.24 bits per heavy atom. The fourth-order valence-electron chi connectivity index (χ4n) is 3.20. The van der Waals surface area contributed by atoms with Gasteiger partial charge < -0.3 is 10.6 Å². The van der Waals surface area contributed by atoms with Crippen LogP contribution in [0.4, 0.5) is 0 Å². The molecule has 1 saturated heterocycles. The zero-order chi connectivity index (χ0) is 14.6. The smallest absolute Gasteiger partial charge is 0.237 e. The van der Waals surface area contributed by atoms with Crippen molar-refractivity contribution in [3.63, 3.8) is 0 Å². The molecule has 21 heavy (non-hydrogen) atoms. The summed E-state index contributed by atoms with van der Waals surface area (Å²) < 4.78 is 24.2. The molecule has 0 radical (unpaired) electrons. The predicted molar refractivity (Wildman–Crippen MR) is 85.0 cm³/mol. The maximum atomic E-state index is 12.0. The molecule has 3 atom stereocenters. The highest BCUT2D eigenvalue weighted by Crippen LogP contribution is 2.33. The molecule has 2 aliphatic rings. The van der Waals surface area contributed by atoms with Gasteiger partial charge >= 0.3 is 0 Å². The molecule has 1 amide bonds. The third kappa shape index (κ3) is 6.10. The van der Waals surface area contributed by atoms with Gasteiger partial charge in [-0.1, -0.05) is 12.8 Å². The largest absolute Gasteiger partial charge is 0.355 e. The number of amides is 1. The molecule has 0 spiro atoms. The van der Waals surface area contributed by atoms with E-state index < -0.39 is 10.0 Å². The quantitative estimate of drug-likeness (QED) is 0.611. The van der Waals surface area contributed by atoms with E-state index in [1.807, 2.05) is 0 Å². The summed E-state index contributed by atoms with van der Waals surface area (Å²) >= 11 is 0. The molecule has 0 aromatic heterocycles. The second-order valence-electron chi connectivity index (χ2n) is 5.92. The van der Waals surface area contributed by atoms with Gasteiger partial charge in [0.1, 0.15) is 0 Å². The highest BCUT2D eigenvalue weighted by molar-refractivity contribution is 7.88. The number of hydrogen-bond acceptors (Lipinski definition) is 4. The van der Waals surface area contributed by atoms with E-state index in [1.54, 1.807) is 0 Å². The molecule has 0 aromatic rings. The standard InChI is InChI=1S/C13H25N3O3S.ClH/c1-20(18,19)15-8-4-7-14-13(17)12-9-10-5-2-3-6-11(10)16-12;/h10-12,15-16H,2-9H2,1H3,(H,14,17);1H. The van der Waals surface area contributed by atoms with Crippen molar-refractivity contribution in [1.82, 2.24) is 15.4 Å². The lowest BCUT2D eigenvalue weighted by Gasteiger charge is -2.24. The molecule has 3 unspecified atom stereocenters. The summed E-state index contributed by atoms with van der Waals surface area (Å²) in [6.07, 6.45) is 7.66. The van der Waals surface area contributed by atoms with Crippen LogP contribution in [0, 0.1) is 5.92 Å². The molecule has 3 N–H and O–H groups in total. The topological polar surface area (TPSA) is 87.3 Å². The maximum Gasteiger partial charge on any atom is 0.237 e. The minimum Gasteiger partial charge on any atom is -0.355 e. The van der Waals surface area contributed by atoms with E-state index in [0.717, 1.165) is 12.7 Å². The zero-order valence-corrected chi connectivity index (χ0v) is 14.1. The molecule has 124 valence electrons. The van der Waals surface area contributed by atoms with Gasteiger partial charge in [0.05, 0.1) is 12.3 Å². The van der Waals surface area contributed by atoms with Gasteiger partial charge in [-0.3, -0.25) is 4.79 Å². The normalized spacial score (nSPS) is 28.5. The zero-order valence-electron chi connectivity index (χ0n) is 12.4. The fourth-order valence-corrected chi connectivity index (χ4v) is 3.72. The van der Waals surface area contributed by atoms with Gasteiger partial charge in [0.25, 0.3) is 0 Å². The van der Waals surface area contributed by atoms with E-state index in [-0.39, 0.29) is 24.4 Å². The first-order chi connectivity index (χ1) is 9.46. The highest BCUT2D eigenvalue weighted by Gasteiger charge is 2.37. The van der Waals surface area contributed by atoms with Gasteiger partial charge in [-0.05, 0) is 31.6 Å². The summed E-state index contributed by atoms with van der Waals surface area (Å²) in [5, 5.41) is 6.32. The fraction of sp³-hybridized carbons (Fsp3) is 0.923. The summed E-state index contributed by atoms with van der Waals surface area (Å²) in [7, 11) is -3.13. The number of sulfonamides is 1. The second-order valence-corrected chi connectivity index (χ2v) is 7.75. The van der Waals surface area contributed by atoms with Crippen molar-refractivity contribution in [3.05, 3.63) is 0 Å². The number of halogens is 1. The lowest BCUT2D eigenvalue weighted by Crippen LogP contribution is -2.43. The first-order valence-corrected chi connectivity index (χ1v) is 9.33. The lowest BCUT2D eigenvalue weighted by molar-refractivity contribution is -0.122. The number of fused-ring (bicyclic) bond motifs is 1. The van der Waals surface area contributed by atoms with Crippen molar-refractivity contribution < 1.29 is 13.2 Å². The molecule has 0 aromatic carbocycles. The predicted octanol–water partition coefficient (Wildman–Crippen LogP) is 0.384. The molecule has 2 rings (SSSR count). The summed E-state index contributed by atoms with van der Waals surface area (Å²) in [6.45, 7) is 0.872. The van der Waals surface area contributed by atoms with Gasteiger partial charge in [0, 0.05) is 19.1 Å². The molecule has 1 aliphatic carbocycles. The number of carbonyl (C=O) groups excluding carboxylic acids is 1. The van der Waals surface area contributed by atoms with Crippen molar-refractivity contribution >= 4 is 28.3 Å². The van der Waals surface area contributed by atoms with Crippen LogP contribution < -0.4 is 15.4 Å². The van der Waals surface area contributed by atoms with E-state index >= 15 is 0 Å². The van der Waals surface area contributed by atoms with Crippen LogP contribution in [0.1, 0.15) is 38.5 Å². The second kappa shape index (κ2) is 8.31. The van der Waals surface area contributed by atoms with Crippen LogP contribution >= 0.6 is 12.4 Å². The Morgan fingerprint density at radius 3 is 2.62 bits per heavy atom. The van der Waals surface area contributed by atoms with Crippen LogP contribution in [-0.2, 0) is 14.8 Å². The Morgan fingerprint density at radius 2 is 1.95 bits per heavy atom. The van der Waals surface area contributed by atoms with Crippen molar-refractivity contribution in [3.8, 4) is 0 Å². The molecule has 1 heterocycles. The van der Waals surface area contributed by atoms with Crippen LogP contribution in [0.2, 0.25) is 0 Å². The molecule has 8 heteroatoms. The summed E-state index contributed by atoms with van der Waals surface area (Å²) in [4.78, 5) is 12.0. The van der Waals surface area contributed by atoms with E-state index in [1.165, 1.54) is 25.7 Å². The van der Waals surface area contributed by atoms with Crippen LogP contribution in [0.3, 0.4) is 0 Å². The summed E-state index contributed by atoms with van der Waals surface area (Å²) in [5.74, 6) is 0.713. The Hall–Kier alpha value is -0.370. The van der Waals surface area contributed by atoms with E-state index in [9.17, 15) is 13.2 Å². The van der Waals surface area contributed by atoms with Gasteiger partial charge in [-0.15, -0.1) is 12.4 Å². The average Bonchev–Trinajstić information content (AvgIpc) is 2.80. The number of carbonyl (C=O) groups is 1. The molecule has 2 fully saturated rings. The van der Waals surface area contributed by atoms with Crippen molar-refractivity contribution in [2.24, 2.45) is 5.92 Å². The van der Waals surface area contributed by atoms with Crippen molar-refractivity contribution in [2.75, 3.05) is 19.3 Å². The van der Waals surface area contributed by atoms with E-state index in [0.29, 0.717) is 31.5 Å². The van der Waals surface area contributed by atoms with Crippen molar-refractivity contribution in [1.29, 1.82) is 0 Å². The van der Waals surface area contributed by atoms with Crippen LogP contribution in [0.25, 0.3) is 0 Å². The minimum absolute atomic E-state index is 0. The third-order valence-electron chi connectivity index (χ3n) is 4.20. The molecular weight excluding hydrogens is 314 g/mol. The lowest BCUT2D eigenvalue weighted by atomic mass is 9.85. The first kappa shape index (κ1) is 18.7. The molecule has 1 aliphatic heterocycles. The van der Waals surface area contributed by atoms with Gasteiger partial charge in [-0.25, -0.2) is 13.1 Å². The summed E-state index contributed by atoms with van der Waals surface area (Å²) in [6, 6.07) is 0.456. The average molecular weight is 340 g/mol. The maximum absolute atomic E-state index is 12.0. The molecule has 6 nitrogen and oxygen atoms in total. The van der Waals surface area contributed by atoms with Crippen LogP contribution in [0.5, 0.6) is 0 Å². The highest BCUT2D eigenvalue weighted by atomic mass is 35.5. The van der Waals surface area contributed by atoms with Crippen LogP contribution in [-0.4, -0.2) is 45.8 Å². The molecule has 1 saturated carbocycles. The number of rotatable bonds is 6. The summed E-state index contributed by atoms with van der Waals surface area (Å²) in [5.41, 5.74) is 0. The number of nitrogens with one attached hydrogen (secondary N) is 3. The Bertz CT molecular complexity index is 430. The minimum atomic E-state index is -3.13. The van der Waals surface area contributed by atoms with E-state index in [2.05, 4.69) is 15.4 Å². The monoisotopic (exact) mass is 339 g/mol. The first-order valence-electron chi connectivity index (χ1n) is 7.44. The van der Waals surface area contributed by atoms with Gasteiger partial charge in [0.15, 0.2) is 0 Å². The Kier molecular flexibility index (Phi) is 7.39. The Labute approximate surface area is 133 Å². The van der Waals surface area contributed by atoms with Gasteiger partial charge in [-0.2, -0.15) is 0 Å². The Balaban J connectivity index is 0.00000220. The third-order valence-corrected chi connectivity index (χ3v) is 4.92. The van der Waals surface area contributed by atoms with E-state index in [4.69, 9.17) is 0 Å². The molecular formula is C13H26ClN3O3S. The van der Waals surface area contributed by atoms with Gasteiger partial charge in [0.2, 0.25) is 15.9 Å².